The Morgan fingerprint density at radius 3 is 3.00 bits per heavy atom. The Morgan fingerprint density at radius 2 is 2.05 bits per heavy atom. The highest BCUT2D eigenvalue weighted by atomic mass is 35.5. The second-order valence-electron chi connectivity index (χ2n) is 4.43. The smallest absolute Gasteiger partial charge is 0.153 e. The van der Waals surface area contributed by atoms with Crippen molar-refractivity contribution < 1.29 is 0 Å². The minimum absolute atomic E-state index is 0.503. The van der Waals surface area contributed by atoms with Crippen LogP contribution in [0.15, 0.2) is 41.9 Å². The van der Waals surface area contributed by atoms with E-state index in [0.717, 1.165) is 21.1 Å². The summed E-state index contributed by atoms with van der Waals surface area (Å²) in [5.74, 6) is 0.679. The van der Waals surface area contributed by atoms with Gasteiger partial charge < -0.3 is 0 Å². The quantitative estimate of drug-likeness (QED) is 0.530. The molecule has 20 heavy (non-hydrogen) atoms. The topological polar surface area (TPSA) is 43.6 Å². The maximum absolute atomic E-state index is 6.19. The molecule has 0 fully saturated rings. The van der Waals surface area contributed by atoms with E-state index < -0.39 is 0 Å². The molecule has 0 spiro atoms. The normalized spacial score (nSPS) is 11.4. The summed E-state index contributed by atoms with van der Waals surface area (Å²) in [4.78, 5) is 9.81. The standard InChI is InChI=1S/C14H9ClN4S/c15-13-10-5-6-20-14(10)18-12(17-13)8-19-11-4-2-1-3-9(11)7-16-19/h1-7H,8H2. The molecule has 4 rings (SSSR count). The average Bonchev–Trinajstić information content (AvgIpc) is 3.07. The number of hydrogen-bond acceptors (Lipinski definition) is 4. The Kier molecular flexibility index (Phi) is 2.68. The molecule has 0 aliphatic carbocycles. The van der Waals surface area contributed by atoms with Gasteiger partial charge in [0.05, 0.1) is 11.7 Å². The maximum Gasteiger partial charge on any atom is 0.153 e. The summed E-state index contributed by atoms with van der Waals surface area (Å²) in [6.45, 7) is 0.515. The number of halogens is 1. The fourth-order valence-electron chi connectivity index (χ4n) is 2.22. The SMILES string of the molecule is Clc1nc(Cn2ncc3ccccc32)nc2sccc12. The third-order valence-corrected chi connectivity index (χ3v) is 4.26. The van der Waals surface area contributed by atoms with Gasteiger partial charge in [0.2, 0.25) is 0 Å². The molecule has 1 aromatic carbocycles. The van der Waals surface area contributed by atoms with Crippen LogP contribution in [0.25, 0.3) is 21.1 Å². The molecule has 0 bridgehead atoms. The van der Waals surface area contributed by atoms with E-state index in [1.54, 1.807) is 11.3 Å². The predicted octanol–water partition coefficient (Wildman–Crippen LogP) is 3.74. The monoisotopic (exact) mass is 300 g/mol. The lowest BCUT2D eigenvalue weighted by atomic mass is 10.2. The largest absolute Gasteiger partial charge is 0.257 e. The van der Waals surface area contributed by atoms with Crippen molar-refractivity contribution in [2.75, 3.05) is 0 Å². The summed E-state index contributed by atoms with van der Waals surface area (Å²) in [5, 5.41) is 8.87. The van der Waals surface area contributed by atoms with Gasteiger partial charge in [0.15, 0.2) is 5.82 Å². The zero-order valence-corrected chi connectivity index (χ0v) is 11.9. The molecule has 3 heterocycles. The molecule has 3 aromatic heterocycles. The van der Waals surface area contributed by atoms with Crippen molar-refractivity contribution in [3.05, 3.63) is 52.9 Å². The Morgan fingerprint density at radius 1 is 1.15 bits per heavy atom. The number of thiophene rings is 1. The molecule has 0 saturated carbocycles. The summed E-state index contributed by atoms with van der Waals surface area (Å²) in [6, 6.07) is 10.0. The average molecular weight is 301 g/mol. The molecule has 0 saturated heterocycles. The van der Waals surface area contributed by atoms with Crippen molar-refractivity contribution in [2.24, 2.45) is 0 Å². The van der Waals surface area contributed by atoms with E-state index in [-0.39, 0.29) is 0 Å². The van der Waals surface area contributed by atoms with Crippen molar-refractivity contribution in [2.45, 2.75) is 6.54 Å². The van der Waals surface area contributed by atoms with Crippen LogP contribution < -0.4 is 0 Å². The van der Waals surface area contributed by atoms with Crippen LogP contribution in [-0.2, 0) is 6.54 Å². The molecule has 98 valence electrons. The highest BCUT2D eigenvalue weighted by Gasteiger charge is 2.09. The molecule has 4 aromatic rings. The number of fused-ring (bicyclic) bond motifs is 2. The van der Waals surface area contributed by atoms with Crippen LogP contribution in [0, 0.1) is 0 Å². The molecular weight excluding hydrogens is 292 g/mol. The van der Waals surface area contributed by atoms with Crippen LogP contribution in [0.2, 0.25) is 5.15 Å². The molecule has 0 unspecified atom stereocenters. The summed E-state index contributed by atoms with van der Waals surface area (Å²) in [5.41, 5.74) is 1.07. The van der Waals surface area contributed by atoms with Gasteiger partial charge in [-0.25, -0.2) is 9.97 Å². The third kappa shape index (κ3) is 1.87. The Labute approximate surface area is 123 Å². The Balaban J connectivity index is 1.80. The first-order valence-electron chi connectivity index (χ1n) is 6.11. The lowest BCUT2D eigenvalue weighted by Crippen LogP contribution is -2.05. The van der Waals surface area contributed by atoms with Gasteiger partial charge in [0, 0.05) is 10.8 Å². The summed E-state index contributed by atoms with van der Waals surface area (Å²) in [6.07, 6.45) is 1.85. The molecule has 6 heteroatoms. The predicted molar refractivity (Wildman–Crippen MR) is 81.3 cm³/mol. The van der Waals surface area contributed by atoms with Gasteiger partial charge in [-0.05, 0) is 17.5 Å². The van der Waals surface area contributed by atoms with E-state index in [0.29, 0.717) is 17.5 Å². The van der Waals surface area contributed by atoms with E-state index in [2.05, 4.69) is 15.1 Å². The number of para-hydroxylation sites is 1. The van der Waals surface area contributed by atoms with Crippen molar-refractivity contribution in [3.63, 3.8) is 0 Å². The van der Waals surface area contributed by atoms with E-state index in [9.17, 15) is 0 Å². The highest BCUT2D eigenvalue weighted by Crippen LogP contribution is 2.25. The lowest BCUT2D eigenvalue weighted by molar-refractivity contribution is 0.680. The number of benzene rings is 1. The molecule has 0 atom stereocenters. The van der Waals surface area contributed by atoms with Crippen LogP contribution in [0.1, 0.15) is 5.82 Å². The fraction of sp³-hybridized carbons (Fsp3) is 0.0714. The van der Waals surface area contributed by atoms with Crippen molar-refractivity contribution >= 4 is 44.1 Å². The molecular formula is C14H9ClN4S. The number of hydrogen-bond donors (Lipinski definition) is 0. The van der Waals surface area contributed by atoms with Gasteiger partial charge in [-0.1, -0.05) is 29.8 Å². The van der Waals surface area contributed by atoms with Gasteiger partial charge in [0.25, 0.3) is 0 Å². The first kappa shape index (κ1) is 11.8. The highest BCUT2D eigenvalue weighted by molar-refractivity contribution is 7.16. The number of nitrogens with zero attached hydrogens (tertiary/aromatic N) is 4. The molecule has 0 radical (unpaired) electrons. The zero-order valence-electron chi connectivity index (χ0n) is 10.3. The summed E-state index contributed by atoms with van der Waals surface area (Å²) in [7, 11) is 0. The molecule has 4 nitrogen and oxygen atoms in total. The molecule has 0 amide bonds. The number of aromatic nitrogens is 4. The van der Waals surface area contributed by atoms with E-state index in [4.69, 9.17) is 11.6 Å². The first-order chi connectivity index (χ1) is 9.81. The molecule has 0 aliphatic heterocycles. The lowest BCUT2D eigenvalue weighted by Gasteiger charge is -2.03. The summed E-state index contributed by atoms with van der Waals surface area (Å²) < 4.78 is 1.89. The van der Waals surface area contributed by atoms with Crippen molar-refractivity contribution in [1.29, 1.82) is 0 Å². The van der Waals surface area contributed by atoms with Crippen LogP contribution in [0.5, 0.6) is 0 Å². The third-order valence-electron chi connectivity index (χ3n) is 3.17. The van der Waals surface area contributed by atoms with Gasteiger partial charge in [-0.15, -0.1) is 11.3 Å². The minimum atomic E-state index is 0.503. The van der Waals surface area contributed by atoms with Crippen molar-refractivity contribution in [1.82, 2.24) is 19.7 Å². The summed E-state index contributed by atoms with van der Waals surface area (Å²) >= 11 is 7.75. The first-order valence-corrected chi connectivity index (χ1v) is 7.37. The van der Waals surface area contributed by atoms with Crippen LogP contribution in [-0.4, -0.2) is 19.7 Å². The Hall–Kier alpha value is -1.98. The van der Waals surface area contributed by atoms with Crippen molar-refractivity contribution in [3.8, 4) is 0 Å². The van der Waals surface area contributed by atoms with E-state index in [1.807, 2.05) is 46.6 Å². The van der Waals surface area contributed by atoms with E-state index >= 15 is 0 Å². The van der Waals surface area contributed by atoms with Gasteiger partial charge in [-0.2, -0.15) is 5.10 Å². The van der Waals surface area contributed by atoms with Gasteiger partial charge in [0.1, 0.15) is 16.5 Å². The second-order valence-corrected chi connectivity index (χ2v) is 5.68. The second kappa shape index (κ2) is 4.54. The van der Waals surface area contributed by atoms with Gasteiger partial charge >= 0.3 is 0 Å². The Bertz CT molecular complexity index is 912. The van der Waals surface area contributed by atoms with Crippen LogP contribution in [0.3, 0.4) is 0 Å². The molecule has 0 aliphatic rings. The maximum atomic E-state index is 6.19. The van der Waals surface area contributed by atoms with Crippen LogP contribution in [0.4, 0.5) is 0 Å². The zero-order chi connectivity index (χ0) is 13.5. The minimum Gasteiger partial charge on any atom is -0.257 e. The number of rotatable bonds is 2. The fourth-order valence-corrected chi connectivity index (χ4v) is 3.31. The van der Waals surface area contributed by atoms with E-state index in [1.165, 1.54) is 0 Å². The van der Waals surface area contributed by atoms with Gasteiger partial charge in [-0.3, -0.25) is 4.68 Å². The molecule has 0 N–H and O–H groups in total. The van der Waals surface area contributed by atoms with Crippen LogP contribution >= 0.6 is 22.9 Å².